The predicted octanol–water partition coefficient (Wildman–Crippen LogP) is 3.86. The molecule has 6 nitrogen and oxygen atoms in total. The lowest BCUT2D eigenvalue weighted by atomic mass is 10.1. The van der Waals surface area contributed by atoms with Crippen LogP contribution in [-0.4, -0.2) is 35.4 Å². The minimum absolute atomic E-state index is 0.0704. The highest BCUT2D eigenvalue weighted by molar-refractivity contribution is 7.89. The topological polar surface area (TPSA) is 94.9 Å². The van der Waals surface area contributed by atoms with E-state index in [4.69, 9.17) is 0 Å². The summed E-state index contributed by atoms with van der Waals surface area (Å²) < 4.78 is 27.6. The molecule has 0 aliphatic rings. The number of aliphatic hydroxyl groups excluding tert-OH is 2. The lowest BCUT2D eigenvalue weighted by molar-refractivity contribution is 0.0859. The first kappa shape index (κ1) is 24.1. The van der Waals surface area contributed by atoms with Crippen LogP contribution < -0.4 is 0 Å². The van der Waals surface area contributed by atoms with Crippen molar-refractivity contribution in [2.45, 2.75) is 63.6 Å². The molecule has 0 aromatic heterocycles. The smallest absolute Gasteiger partial charge is 0.267 e. The molecule has 0 aliphatic heterocycles. The lowest BCUT2D eigenvalue weighted by Gasteiger charge is -2.23. The van der Waals surface area contributed by atoms with Crippen LogP contribution in [-0.2, 0) is 23.2 Å². The number of carbonyl (C=O) groups is 1. The van der Waals surface area contributed by atoms with Crippen molar-refractivity contribution in [3.05, 3.63) is 65.2 Å². The number of hydrogen-bond acceptors (Lipinski definition) is 5. The maximum atomic E-state index is 13.3. The largest absolute Gasteiger partial charge is 0.392 e. The molecule has 0 radical (unpaired) electrons. The second-order valence-corrected chi connectivity index (χ2v) is 9.13. The van der Waals surface area contributed by atoms with Gasteiger partial charge < -0.3 is 10.2 Å². The van der Waals surface area contributed by atoms with Gasteiger partial charge in [0.25, 0.3) is 15.9 Å². The van der Waals surface area contributed by atoms with Gasteiger partial charge in [0.1, 0.15) is 0 Å². The van der Waals surface area contributed by atoms with Gasteiger partial charge in [-0.15, -0.1) is 0 Å². The molecule has 7 heteroatoms. The molecule has 0 saturated carbocycles. The van der Waals surface area contributed by atoms with E-state index in [0.29, 0.717) is 23.1 Å². The third kappa shape index (κ3) is 6.14. The fraction of sp³-hybridized carbons (Fsp3) is 0.435. The van der Waals surface area contributed by atoms with E-state index < -0.39 is 22.5 Å². The average molecular weight is 434 g/mol. The number of carbonyl (C=O) groups excluding carboxylic acids is 1. The summed E-state index contributed by atoms with van der Waals surface area (Å²) in [4.78, 5) is 13.0. The van der Waals surface area contributed by atoms with Crippen molar-refractivity contribution in [1.82, 2.24) is 4.31 Å². The minimum atomic E-state index is -4.11. The first-order valence-corrected chi connectivity index (χ1v) is 11.8. The number of amides is 1. The molecule has 0 heterocycles. The van der Waals surface area contributed by atoms with E-state index in [9.17, 15) is 23.4 Å². The van der Waals surface area contributed by atoms with Crippen molar-refractivity contribution in [3.8, 4) is 0 Å². The van der Waals surface area contributed by atoms with Crippen LogP contribution in [0.5, 0.6) is 0 Å². The number of nitrogens with zero attached hydrogens (tertiary/aromatic N) is 1. The second-order valence-electron chi connectivity index (χ2n) is 7.26. The Morgan fingerprint density at radius 2 is 1.50 bits per heavy atom. The molecule has 0 saturated heterocycles. The van der Waals surface area contributed by atoms with E-state index in [1.807, 2.05) is 0 Å². The summed E-state index contributed by atoms with van der Waals surface area (Å²) in [6.07, 6.45) is 5.80. The van der Waals surface area contributed by atoms with Crippen molar-refractivity contribution in [2.75, 3.05) is 6.54 Å². The zero-order valence-corrected chi connectivity index (χ0v) is 18.3. The van der Waals surface area contributed by atoms with Crippen LogP contribution in [0.15, 0.2) is 53.4 Å². The third-order valence-electron chi connectivity index (χ3n) is 5.07. The van der Waals surface area contributed by atoms with Gasteiger partial charge in [-0.2, -0.15) is 0 Å². The van der Waals surface area contributed by atoms with E-state index in [1.54, 1.807) is 30.3 Å². The van der Waals surface area contributed by atoms with Crippen LogP contribution >= 0.6 is 0 Å². The fourth-order valence-corrected chi connectivity index (χ4v) is 4.76. The standard InChI is InChI=1S/C23H31NO5S/c1-2-3-4-5-6-10-15-24(23(27)19-11-8-7-9-12-19)30(28,29)22-14-13-20(17-25)21(16-22)18-26/h7-9,11-14,16,25-26H,2-6,10,15,17-18H2,1H3. The molecule has 2 aromatic rings. The summed E-state index contributed by atoms with van der Waals surface area (Å²) in [7, 11) is -4.11. The second kappa shape index (κ2) is 11.8. The zero-order chi connectivity index (χ0) is 22.0. The molecular weight excluding hydrogens is 402 g/mol. The summed E-state index contributed by atoms with van der Waals surface area (Å²) in [6, 6.07) is 12.5. The van der Waals surface area contributed by atoms with Crippen molar-refractivity contribution >= 4 is 15.9 Å². The molecule has 0 spiro atoms. The molecule has 0 atom stereocenters. The maximum Gasteiger partial charge on any atom is 0.267 e. The van der Waals surface area contributed by atoms with Crippen LogP contribution in [0.4, 0.5) is 0 Å². The summed E-state index contributed by atoms with van der Waals surface area (Å²) in [5.41, 5.74) is 1.08. The molecule has 0 unspecified atom stereocenters. The van der Waals surface area contributed by atoms with Crippen molar-refractivity contribution in [1.29, 1.82) is 0 Å². The van der Waals surface area contributed by atoms with E-state index in [2.05, 4.69) is 6.92 Å². The number of unbranched alkanes of at least 4 members (excludes halogenated alkanes) is 5. The number of aliphatic hydroxyl groups is 2. The summed E-state index contributed by atoms with van der Waals surface area (Å²) >= 11 is 0. The van der Waals surface area contributed by atoms with E-state index >= 15 is 0 Å². The first-order chi connectivity index (χ1) is 14.5. The fourth-order valence-electron chi connectivity index (χ4n) is 3.28. The quantitative estimate of drug-likeness (QED) is 0.496. The Morgan fingerprint density at radius 3 is 2.13 bits per heavy atom. The molecule has 30 heavy (non-hydrogen) atoms. The van der Waals surface area contributed by atoms with Crippen molar-refractivity contribution in [2.24, 2.45) is 0 Å². The van der Waals surface area contributed by atoms with Crippen LogP contribution in [0.1, 0.15) is 66.9 Å². The van der Waals surface area contributed by atoms with Crippen LogP contribution in [0.25, 0.3) is 0 Å². The van der Waals surface area contributed by atoms with Gasteiger partial charge in [0, 0.05) is 12.1 Å². The van der Waals surface area contributed by atoms with E-state index in [0.717, 1.165) is 36.4 Å². The highest BCUT2D eigenvalue weighted by Crippen LogP contribution is 2.23. The Morgan fingerprint density at radius 1 is 0.867 bits per heavy atom. The van der Waals surface area contributed by atoms with Gasteiger partial charge in [0.15, 0.2) is 0 Å². The third-order valence-corrected chi connectivity index (χ3v) is 6.85. The maximum absolute atomic E-state index is 13.3. The SMILES string of the molecule is CCCCCCCCN(C(=O)c1ccccc1)S(=O)(=O)c1ccc(CO)c(CO)c1. The molecule has 1 amide bonds. The average Bonchev–Trinajstić information content (AvgIpc) is 2.78. The summed E-state index contributed by atoms with van der Waals surface area (Å²) in [5, 5.41) is 18.9. The van der Waals surface area contributed by atoms with Gasteiger partial charge in [-0.25, -0.2) is 12.7 Å². The Bertz CT molecular complexity index is 912. The van der Waals surface area contributed by atoms with E-state index in [1.165, 1.54) is 18.2 Å². The Hall–Kier alpha value is -2.22. The number of rotatable bonds is 12. The predicted molar refractivity (Wildman–Crippen MR) is 116 cm³/mol. The summed E-state index contributed by atoms with van der Waals surface area (Å²) in [5.74, 6) is -0.569. The molecule has 2 aromatic carbocycles. The van der Waals surface area contributed by atoms with Gasteiger partial charge in [-0.05, 0) is 41.8 Å². The van der Waals surface area contributed by atoms with Gasteiger partial charge in [-0.3, -0.25) is 4.79 Å². The Labute approximate surface area is 179 Å². The minimum Gasteiger partial charge on any atom is -0.392 e. The van der Waals surface area contributed by atoms with Gasteiger partial charge in [0.2, 0.25) is 0 Å². The van der Waals surface area contributed by atoms with Crippen LogP contribution in [0.3, 0.4) is 0 Å². The number of benzene rings is 2. The van der Waals surface area contributed by atoms with Crippen LogP contribution in [0, 0.1) is 0 Å². The van der Waals surface area contributed by atoms with Crippen LogP contribution in [0.2, 0.25) is 0 Å². The first-order valence-electron chi connectivity index (χ1n) is 10.4. The van der Waals surface area contributed by atoms with Gasteiger partial charge in [-0.1, -0.05) is 63.3 Å². The molecule has 0 bridgehead atoms. The highest BCUT2D eigenvalue weighted by atomic mass is 32.2. The van der Waals surface area contributed by atoms with Crippen molar-refractivity contribution < 1.29 is 23.4 Å². The van der Waals surface area contributed by atoms with Gasteiger partial charge >= 0.3 is 0 Å². The Balaban J connectivity index is 2.30. The van der Waals surface area contributed by atoms with Crippen molar-refractivity contribution in [3.63, 3.8) is 0 Å². The zero-order valence-electron chi connectivity index (χ0n) is 17.5. The molecule has 2 rings (SSSR count). The monoisotopic (exact) mass is 433 g/mol. The van der Waals surface area contributed by atoms with Gasteiger partial charge in [0.05, 0.1) is 18.1 Å². The number of sulfonamides is 1. The molecule has 0 fully saturated rings. The Kier molecular flexibility index (Phi) is 9.49. The highest BCUT2D eigenvalue weighted by Gasteiger charge is 2.30. The molecular formula is C23H31NO5S. The molecule has 2 N–H and O–H groups in total. The molecule has 164 valence electrons. The normalized spacial score (nSPS) is 11.4. The molecule has 0 aliphatic carbocycles. The lowest BCUT2D eigenvalue weighted by Crippen LogP contribution is -2.37. The summed E-state index contributed by atoms with van der Waals surface area (Å²) in [6.45, 7) is 1.53. The van der Waals surface area contributed by atoms with E-state index in [-0.39, 0.29) is 18.0 Å². The number of hydrogen-bond donors (Lipinski definition) is 2.